The Kier molecular flexibility index (Phi) is 5.87. The van der Waals surface area contributed by atoms with E-state index in [1.165, 1.54) is 0 Å². The number of ether oxygens (including phenoxy) is 1. The first-order chi connectivity index (χ1) is 8.54. The first kappa shape index (κ1) is 14.7. The summed E-state index contributed by atoms with van der Waals surface area (Å²) >= 11 is 0. The lowest BCUT2D eigenvalue weighted by Gasteiger charge is -2.21. The zero-order valence-corrected chi connectivity index (χ0v) is 10.4. The van der Waals surface area contributed by atoms with E-state index in [2.05, 4.69) is 10.6 Å². The van der Waals surface area contributed by atoms with Crippen molar-refractivity contribution >= 4 is 12.0 Å². The van der Waals surface area contributed by atoms with Crippen molar-refractivity contribution in [2.45, 2.75) is 44.4 Å². The molecule has 0 aliphatic carbocycles. The maximum atomic E-state index is 11.6. The molecule has 0 saturated carbocycles. The number of carboxylic acid groups (broad SMARTS) is 1. The van der Waals surface area contributed by atoms with Gasteiger partial charge in [0.05, 0.1) is 12.1 Å². The number of aliphatic hydroxyl groups excluding tert-OH is 1. The summed E-state index contributed by atoms with van der Waals surface area (Å²) in [5.74, 6) is -1.16. The second kappa shape index (κ2) is 7.17. The Bertz CT molecular complexity index is 291. The Morgan fingerprint density at radius 2 is 2.17 bits per heavy atom. The lowest BCUT2D eigenvalue weighted by Crippen LogP contribution is -2.51. The number of urea groups is 1. The summed E-state index contributed by atoms with van der Waals surface area (Å²) < 4.78 is 5.42. The number of aliphatic carboxylic acids is 1. The third kappa shape index (κ3) is 4.50. The molecule has 2 amide bonds. The maximum absolute atomic E-state index is 11.6. The molecule has 1 rings (SSSR count). The maximum Gasteiger partial charge on any atom is 0.326 e. The predicted molar refractivity (Wildman–Crippen MR) is 63.2 cm³/mol. The lowest BCUT2D eigenvalue weighted by molar-refractivity contribution is -0.139. The van der Waals surface area contributed by atoms with Gasteiger partial charge in [0.2, 0.25) is 0 Å². The summed E-state index contributed by atoms with van der Waals surface area (Å²) in [6, 6.07) is -1.80. The molecule has 1 heterocycles. The number of carboxylic acids is 1. The Balaban J connectivity index is 2.36. The van der Waals surface area contributed by atoms with E-state index in [1.807, 2.05) is 6.92 Å². The highest BCUT2D eigenvalue weighted by Crippen LogP contribution is 2.15. The number of nitrogens with one attached hydrogen (secondary N) is 2. The van der Waals surface area contributed by atoms with Gasteiger partial charge in [0.15, 0.2) is 0 Å². The van der Waals surface area contributed by atoms with E-state index in [0.29, 0.717) is 6.61 Å². The molecule has 0 aromatic heterocycles. The minimum Gasteiger partial charge on any atom is -0.480 e. The first-order valence-corrected chi connectivity index (χ1v) is 6.07. The van der Waals surface area contributed by atoms with Crippen LogP contribution in [-0.4, -0.2) is 53.6 Å². The molecule has 3 unspecified atom stereocenters. The fourth-order valence-electron chi connectivity index (χ4n) is 1.88. The van der Waals surface area contributed by atoms with Crippen molar-refractivity contribution in [1.82, 2.24) is 10.6 Å². The molecule has 0 aromatic carbocycles. The highest BCUT2D eigenvalue weighted by atomic mass is 16.5. The van der Waals surface area contributed by atoms with Crippen LogP contribution in [0.25, 0.3) is 0 Å². The van der Waals surface area contributed by atoms with Gasteiger partial charge in [0, 0.05) is 19.6 Å². The lowest BCUT2D eigenvalue weighted by atomic mass is 10.1. The Labute approximate surface area is 106 Å². The van der Waals surface area contributed by atoms with Crippen molar-refractivity contribution in [2.24, 2.45) is 0 Å². The van der Waals surface area contributed by atoms with Gasteiger partial charge >= 0.3 is 12.0 Å². The van der Waals surface area contributed by atoms with Gasteiger partial charge in [-0.05, 0) is 19.8 Å². The van der Waals surface area contributed by atoms with Crippen molar-refractivity contribution in [3.63, 3.8) is 0 Å². The molecule has 7 nitrogen and oxygen atoms in total. The number of carbonyl (C=O) groups excluding carboxylic acids is 1. The van der Waals surface area contributed by atoms with Gasteiger partial charge in [0.25, 0.3) is 0 Å². The molecular formula is C11H20N2O5. The first-order valence-electron chi connectivity index (χ1n) is 6.07. The zero-order chi connectivity index (χ0) is 13.5. The van der Waals surface area contributed by atoms with E-state index in [0.717, 1.165) is 12.8 Å². The van der Waals surface area contributed by atoms with Crippen LogP contribution >= 0.6 is 0 Å². The van der Waals surface area contributed by atoms with Gasteiger partial charge in [0.1, 0.15) is 6.04 Å². The van der Waals surface area contributed by atoms with Crippen LogP contribution in [0.15, 0.2) is 0 Å². The number of hydrogen-bond acceptors (Lipinski definition) is 4. The van der Waals surface area contributed by atoms with E-state index in [9.17, 15) is 9.59 Å². The highest BCUT2D eigenvalue weighted by Gasteiger charge is 2.25. The van der Waals surface area contributed by atoms with Crippen molar-refractivity contribution in [3.05, 3.63) is 0 Å². The molecular weight excluding hydrogens is 240 g/mol. The normalized spacial score (nSPS) is 22.2. The van der Waals surface area contributed by atoms with Crippen LogP contribution in [0.3, 0.4) is 0 Å². The quantitative estimate of drug-likeness (QED) is 0.524. The van der Waals surface area contributed by atoms with Gasteiger partial charge in [-0.1, -0.05) is 0 Å². The Morgan fingerprint density at radius 1 is 1.44 bits per heavy atom. The van der Waals surface area contributed by atoms with Gasteiger partial charge in [-0.25, -0.2) is 9.59 Å². The summed E-state index contributed by atoms with van der Waals surface area (Å²) in [6.07, 6.45) is 1.83. The largest absolute Gasteiger partial charge is 0.480 e. The molecule has 1 aliphatic rings. The SMILES string of the molecule is CC(NC(=O)NC(CCO)C(=O)O)C1CCCO1. The van der Waals surface area contributed by atoms with Gasteiger partial charge < -0.3 is 25.6 Å². The van der Waals surface area contributed by atoms with Crippen molar-refractivity contribution < 1.29 is 24.5 Å². The minimum absolute atomic E-state index is 0.0168. The Hall–Kier alpha value is -1.34. The van der Waals surface area contributed by atoms with Crippen LogP contribution in [0.5, 0.6) is 0 Å². The zero-order valence-electron chi connectivity index (χ0n) is 10.4. The molecule has 0 radical (unpaired) electrons. The van der Waals surface area contributed by atoms with E-state index in [4.69, 9.17) is 14.9 Å². The van der Waals surface area contributed by atoms with Crippen LogP contribution in [0.2, 0.25) is 0 Å². The summed E-state index contributed by atoms with van der Waals surface area (Å²) in [5, 5.41) is 22.5. The van der Waals surface area contributed by atoms with Crippen molar-refractivity contribution in [1.29, 1.82) is 0 Å². The number of hydrogen-bond donors (Lipinski definition) is 4. The molecule has 4 N–H and O–H groups in total. The molecule has 3 atom stereocenters. The molecule has 1 saturated heterocycles. The third-order valence-corrected chi connectivity index (χ3v) is 2.90. The molecule has 104 valence electrons. The van der Waals surface area contributed by atoms with E-state index in [1.54, 1.807) is 0 Å². The topological polar surface area (TPSA) is 108 Å². The van der Waals surface area contributed by atoms with E-state index < -0.39 is 18.0 Å². The number of amides is 2. The monoisotopic (exact) mass is 260 g/mol. The smallest absolute Gasteiger partial charge is 0.326 e. The van der Waals surface area contributed by atoms with E-state index in [-0.39, 0.29) is 25.2 Å². The highest BCUT2D eigenvalue weighted by molar-refractivity contribution is 5.82. The molecule has 0 spiro atoms. The number of aliphatic hydroxyl groups is 1. The third-order valence-electron chi connectivity index (χ3n) is 2.90. The second-order valence-electron chi connectivity index (χ2n) is 4.36. The van der Waals surface area contributed by atoms with Crippen molar-refractivity contribution in [3.8, 4) is 0 Å². The standard InChI is InChI=1S/C11H20N2O5/c1-7(9-3-2-6-18-9)12-11(17)13-8(4-5-14)10(15)16/h7-9,14H,2-6H2,1H3,(H,15,16)(H2,12,13,17). The van der Waals surface area contributed by atoms with Gasteiger partial charge in [-0.3, -0.25) is 0 Å². The molecule has 7 heteroatoms. The van der Waals surface area contributed by atoms with Crippen LogP contribution in [0.1, 0.15) is 26.2 Å². The molecule has 18 heavy (non-hydrogen) atoms. The van der Waals surface area contributed by atoms with Gasteiger partial charge in [-0.15, -0.1) is 0 Å². The van der Waals surface area contributed by atoms with Crippen LogP contribution < -0.4 is 10.6 Å². The van der Waals surface area contributed by atoms with Gasteiger partial charge in [-0.2, -0.15) is 0 Å². The number of carbonyl (C=O) groups is 2. The van der Waals surface area contributed by atoms with Crippen LogP contribution in [0, 0.1) is 0 Å². The van der Waals surface area contributed by atoms with Crippen molar-refractivity contribution in [2.75, 3.05) is 13.2 Å². The number of rotatable bonds is 6. The predicted octanol–water partition coefficient (Wildman–Crippen LogP) is -0.311. The Morgan fingerprint density at radius 3 is 2.67 bits per heavy atom. The fourth-order valence-corrected chi connectivity index (χ4v) is 1.88. The molecule has 0 bridgehead atoms. The molecule has 1 aliphatic heterocycles. The summed E-state index contributed by atoms with van der Waals surface area (Å²) in [7, 11) is 0. The molecule has 1 fully saturated rings. The fraction of sp³-hybridized carbons (Fsp3) is 0.818. The average molecular weight is 260 g/mol. The average Bonchev–Trinajstić information content (AvgIpc) is 2.81. The summed E-state index contributed by atoms with van der Waals surface area (Å²) in [6.45, 7) is 2.22. The summed E-state index contributed by atoms with van der Waals surface area (Å²) in [4.78, 5) is 22.4. The molecule has 0 aromatic rings. The second-order valence-corrected chi connectivity index (χ2v) is 4.36. The minimum atomic E-state index is -1.16. The van der Waals surface area contributed by atoms with Crippen LogP contribution in [-0.2, 0) is 9.53 Å². The van der Waals surface area contributed by atoms with E-state index >= 15 is 0 Å². The van der Waals surface area contributed by atoms with Crippen LogP contribution in [0.4, 0.5) is 4.79 Å². The summed E-state index contributed by atoms with van der Waals surface area (Å²) in [5.41, 5.74) is 0.